The van der Waals surface area contributed by atoms with E-state index in [9.17, 15) is 13.2 Å². The Morgan fingerprint density at radius 1 is 1.19 bits per heavy atom. The highest BCUT2D eigenvalue weighted by Crippen LogP contribution is 2.63. The number of ether oxygens (including phenoxy) is 2. The van der Waals surface area contributed by atoms with Gasteiger partial charge in [0.15, 0.2) is 10.6 Å². The summed E-state index contributed by atoms with van der Waals surface area (Å²) in [5.41, 5.74) is 0.324. The van der Waals surface area contributed by atoms with Crippen LogP contribution in [0.2, 0.25) is 5.02 Å². The molecule has 1 aliphatic heterocycles. The van der Waals surface area contributed by atoms with E-state index in [4.69, 9.17) is 21.1 Å². The van der Waals surface area contributed by atoms with Gasteiger partial charge < -0.3 is 14.4 Å². The van der Waals surface area contributed by atoms with Gasteiger partial charge in [0, 0.05) is 31.0 Å². The number of carbonyl (C=O) groups is 1. The van der Waals surface area contributed by atoms with Crippen molar-refractivity contribution in [1.29, 1.82) is 0 Å². The van der Waals surface area contributed by atoms with Crippen molar-refractivity contribution in [2.24, 2.45) is 5.41 Å². The van der Waals surface area contributed by atoms with Crippen molar-refractivity contribution < 1.29 is 22.7 Å². The molecule has 1 spiro atoms. The van der Waals surface area contributed by atoms with Crippen LogP contribution < -0.4 is 14.4 Å². The molecule has 2 aromatic rings. The number of nitrogens with one attached hydrogen (secondary N) is 1. The maximum absolute atomic E-state index is 13.3. The molecule has 1 saturated heterocycles. The van der Waals surface area contributed by atoms with Crippen LogP contribution in [0.15, 0.2) is 41.4 Å². The first-order valence-corrected chi connectivity index (χ1v) is 14.9. The largest absolute Gasteiger partial charge is 0.477 e. The van der Waals surface area contributed by atoms with Gasteiger partial charge in [0.2, 0.25) is 0 Å². The molecule has 0 bridgehead atoms. The maximum atomic E-state index is 13.3. The summed E-state index contributed by atoms with van der Waals surface area (Å²) in [7, 11) is -4.18. The average molecular weight is 546 g/mol. The molecule has 4 aliphatic rings. The third kappa shape index (κ3) is 4.81. The summed E-state index contributed by atoms with van der Waals surface area (Å²) in [6, 6.07) is 10.4. The van der Waals surface area contributed by atoms with Crippen LogP contribution in [-0.4, -0.2) is 50.7 Å². The van der Waals surface area contributed by atoms with Crippen molar-refractivity contribution >= 4 is 33.3 Å². The lowest BCUT2D eigenvalue weighted by atomic mass is 9.50. The van der Waals surface area contributed by atoms with Crippen LogP contribution in [0.4, 0.5) is 5.82 Å². The Morgan fingerprint density at radius 2 is 1.97 bits per heavy atom. The summed E-state index contributed by atoms with van der Waals surface area (Å²) in [5, 5.41) is 0.329. The molecule has 37 heavy (non-hydrogen) atoms. The number of hydrogen-bond acceptors (Lipinski definition) is 7. The minimum Gasteiger partial charge on any atom is -0.477 e. The van der Waals surface area contributed by atoms with Crippen molar-refractivity contribution in [2.45, 2.75) is 74.5 Å². The van der Waals surface area contributed by atoms with Gasteiger partial charge in [0.1, 0.15) is 11.6 Å². The van der Waals surface area contributed by atoms with E-state index in [1.165, 1.54) is 25.3 Å². The zero-order valence-electron chi connectivity index (χ0n) is 20.9. The zero-order chi connectivity index (χ0) is 25.8. The molecule has 6 rings (SSSR count). The summed E-state index contributed by atoms with van der Waals surface area (Å²) < 4.78 is 40.4. The molecule has 4 fully saturated rings. The number of benzene rings is 1. The molecule has 3 saturated carbocycles. The first-order valence-electron chi connectivity index (χ1n) is 13.1. The predicted octanol–water partition coefficient (Wildman–Crippen LogP) is 4.42. The second-order valence-corrected chi connectivity index (χ2v) is 13.2. The molecule has 1 unspecified atom stereocenters. The number of carbonyl (C=O) groups excluding carboxylic acids is 1. The fraction of sp³-hybridized carbons (Fsp3) is 0.556. The summed E-state index contributed by atoms with van der Waals surface area (Å²) in [6.07, 6.45) is 7.04. The lowest BCUT2D eigenvalue weighted by Crippen LogP contribution is -2.44. The molecule has 10 heteroatoms. The van der Waals surface area contributed by atoms with E-state index in [0.29, 0.717) is 60.5 Å². The lowest BCUT2D eigenvalue weighted by molar-refractivity contribution is -0.128. The smallest absolute Gasteiger partial charge is 0.281 e. The Morgan fingerprint density at radius 3 is 2.65 bits per heavy atom. The third-order valence-electron chi connectivity index (χ3n) is 8.39. The molecule has 1 aromatic heterocycles. The van der Waals surface area contributed by atoms with Gasteiger partial charge in [-0.05, 0) is 73.8 Å². The van der Waals surface area contributed by atoms with Gasteiger partial charge in [-0.1, -0.05) is 30.2 Å². The Hall–Kier alpha value is -2.36. The van der Waals surface area contributed by atoms with Gasteiger partial charge in [-0.25, -0.2) is 9.71 Å². The molecule has 1 N–H and O–H groups in total. The number of amides is 1. The van der Waals surface area contributed by atoms with Crippen LogP contribution in [0.3, 0.4) is 0 Å². The maximum Gasteiger partial charge on any atom is 0.281 e. The van der Waals surface area contributed by atoms with Crippen LogP contribution >= 0.6 is 11.6 Å². The molecular weight excluding hydrogens is 514 g/mol. The predicted molar refractivity (Wildman–Crippen MR) is 139 cm³/mol. The SMILES string of the molecule is CC1CN(c2cccc(S(=O)(=O)NC(=O)C3(Oc4cc(Cl)ccc4C4CC5(CCC5)C4)CC3)n2)CCO1. The van der Waals surface area contributed by atoms with E-state index >= 15 is 0 Å². The number of halogens is 1. The quantitative estimate of drug-likeness (QED) is 0.550. The number of anilines is 1. The number of hydrogen-bond donors (Lipinski definition) is 1. The molecule has 1 atom stereocenters. The number of rotatable bonds is 7. The van der Waals surface area contributed by atoms with Crippen molar-refractivity contribution in [2.75, 3.05) is 24.6 Å². The second kappa shape index (κ2) is 9.13. The number of morpholine rings is 1. The highest BCUT2D eigenvalue weighted by molar-refractivity contribution is 7.90. The standard InChI is InChI=1S/C27H32ClN3O5S/c1-18-17-31(12-13-35-18)23-4-2-5-24(29-23)37(33,34)30-25(32)27(10-11-27)36-22-14-20(28)6-7-21(22)19-15-26(16-19)8-3-9-26/h2,4-7,14,18-19H,3,8-13,15-17H2,1H3,(H,30,32). The van der Waals surface area contributed by atoms with Crippen LogP contribution in [0.25, 0.3) is 0 Å². The Kier molecular flexibility index (Phi) is 6.16. The molecule has 1 aromatic carbocycles. The number of pyridine rings is 1. The van der Waals surface area contributed by atoms with E-state index in [1.807, 2.05) is 24.0 Å². The van der Waals surface area contributed by atoms with E-state index < -0.39 is 21.5 Å². The van der Waals surface area contributed by atoms with Crippen LogP contribution in [0, 0.1) is 5.41 Å². The monoisotopic (exact) mass is 545 g/mol. The Labute approximate surface area is 222 Å². The Balaban J connectivity index is 1.17. The van der Waals surface area contributed by atoms with Crippen molar-refractivity contribution in [3.05, 3.63) is 47.0 Å². The molecular formula is C27H32ClN3O5S. The van der Waals surface area contributed by atoms with Crippen LogP contribution in [-0.2, 0) is 19.6 Å². The van der Waals surface area contributed by atoms with Crippen LogP contribution in [0.5, 0.6) is 5.75 Å². The molecule has 2 heterocycles. The molecule has 3 aliphatic carbocycles. The number of aromatic nitrogens is 1. The molecule has 198 valence electrons. The molecule has 1 amide bonds. The van der Waals surface area contributed by atoms with Crippen molar-refractivity contribution in [1.82, 2.24) is 9.71 Å². The van der Waals surface area contributed by atoms with Gasteiger partial charge in [-0.15, -0.1) is 0 Å². The number of nitrogens with zero attached hydrogens (tertiary/aromatic N) is 2. The van der Waals surface area contributed by atoms with Gasteiger partial charge in [-0.3, -0.25) is 4.79 Å². The average Bonchev–Trinajstić information content (AvgIpc) is 3.59. The van der Waals surface area contributed by atoms with Crippen molar-refractivity contribution in [3.8, 4) is 5.75 Å². The summed E-state index contributed by atoms with van der Waals surface area (Å²) >= 11 is 6.28. The third-order valence-corrected chi connectivity index (χ3v) is 9.86. The van der Waals surface area contributed by atoms with Crippen molar-refractivity contribution in [3.63, 3.8) is 0 Å². The number of sulfonamides is 1. The minimum absolute atomic E-state index is 0.0259. The molecule has 0 radical (unpaired) electrons. The highest BCUT2D eigenvalue weighted by atomic mass is 35.5. The van der Waals surface area contributed by atoms with E-state index in [2.05, 4.69) is 9.71 Å². The Bertz CT molecular complexity index is 1320. The normalized spacial score (nSPS) is 24.2. The van der Waals surface area contributed by atoms with Gasteiger partial charge in [0.05, 0.1) is 12.7 Å². The summed E-state index contributed by atoms with van der Waals surface area (Å²) in [4.78, 5) is 19.6. The first kappa shape index (κ1) is 24.9. The fourth-order valence-corrected chi connectivity index (χ4v) is 7.12. The minimum atomic E-state index is -4.18. The topological polar surface area (TPSA) is 97.8 Å². The van der Waals surface area contributed by atoms with E-state index in [1.54, 1.807) is 18.2 Å². The van der Waals surface area contributed by atoms with E-state index in [0.717, 1.165) is 18.4 Å². The first-order chi connectivity index (χ1) is 17.7. The molecule has 8 nitrogen and oxygen atoms in total. The second-order valence-electron chi connectivity index (χ2n) is 11.1. The zero-order valence-corrected chi connectivity index (χ0v) is 22.5. The van der Waals surface area contributed by atoms with Crippen LogP contribution in [0.1, 0.15) is 63.4 Å². The highest BCUT2D eigenvalue weighted by Gasteiger charge is 2.55. The van der Waals surface area contributed by atoms with E-state index in [-0.39, 0.29) is 11.1 Å². The fourth-order valence-electron chi connectivity index (χ4n) is 5.95. The van der Waals surface area contributed by atoms with Gasteiger partial charge in [0.25, 0.3) is 15.9 Å². The summed E-state index contributed by atoms with van der Waals surface area (Å²) in [5.74, 6) is 0.828. The summed E-state index contributed by atoms with van der Waals surface area (Å²) in [6.45, 7) is 3.74. The van der Waals surface area contributed by atoms with Gasteiger partial charge in [-0.2, -0.15) is 8.42 Å². The lowest BCUT2D eigenvalue weighted by Gasteiger charge is -2.54. The van der Waals surface area contributed by atoms with Gasteiger partial charge >= 0.3 is 0 Å².